The molecule has 2 aromatic rings. The maximum atomic E-state index is 12.3. The van der Waals surface area contributed by atoms with Gasteiger partial charge in [0, 0.05) is 18.5 Å². The molecule has 1 fully saturated rings. The molecule has 2 atom stereocenters. The number of nitrogens with zero attached hydrogens (tertiary/aromatic N) is 1. The number of carbonyl (C=O) groups is 1. The van der Waals surface area contributed by atoms with Gasteiger partial charge in [0.25, 0.3) is 0 Å². The number of amides is 1. The highest BCUT2D eigenvalue weighted by molar-refractivity contribution is 5.77. The Morgan fingerprint density at radius 3 is 2.64 bits per heavy atom. The molecule has 152 valence electrons. The van der Waals surface area contributed by atoms with Gasteiger partial charge in [-0.3, -0.25) is 4.79 Å². The Morgan fingerprint density at radius 1 is 1.29 bits per heavy atom. The number of rotatable bonds is 7. The summed E-state index contributed by atoms with van der Waals surface area (Å²) in [4.78, 5) is 12.3. The van der Waals surface area contributed by atoms with Gasteiger partial charge in [-0.1, -0.05) is 58.0 Å². The first-order chi connectivity index (χ1) is 13.1. The van der Waals surface area contributed by atoms with Crippen molar-refractivity contribution in [2.24, 2.45) is 16.7 Å². The first kappa shape index (κ1) is 20.4. The Labute approximate surface area is 167 Å². The summed E-state index contributed by atoms with van der Waals surface area (Å²) < 4.78 is 11.1. The van der Waals surface area contributed by atoms with E-state index < -0.39 is 0 Å². The molecule has 1 aromatic heterocycles. The number of aromatic nitrogens is 1. The average Bonchev–Trinajstić information content (AvgIpc) is 3.06. The van der Waals surface area contributed by atoms with E-state index in [0.29, 0.717) is 18.9 Å². The molecule has 5 heteroatoms. The molecule has 1 aliphatic rings. The van der Waals surface area contributed by atoms with Crippen LogP contribution in [0.1, 0.15) is 58.9 Å². The Kier molecular flexibility index (Phi) is 5.82. The van der Waals surface area contributed by atoms with E-state index in [9.17, 15) is 4.79 Å². The van der Waals surface area contributed by atoms with Crippen LogP contribution in [0, 0.1) is 16.7 Å². The number of benzene rings is 1. The molecule has 28 heavy (non-hydrogen) atoms. The van der Waals surface area contributed by atoms with Crippen molar-refractivity contribution in [2.45, 2.75) is 66.5 Å². The van der Waals surface area contributed by atoms with E-state index >= 15 is 0 Å². The van der Waals surface area contributed by atoms with Crippen LogP contribution in [0.4, 0.5) is 0 Å². The molecule has 0 spiro atoms. The van der Waals surface area contributed by atoms with Crippen molar-refractivity contribution in [3.05, 3.63) is 47.9 Å². The van der Waals surface area contributed by atoms with Gasteiger partial charge in [-0.15, -0.1) is 0 Å². The molecule has 5 nitrogen and oxygen atoms in total. The fourth-order valence-electron chi connectivity index (χ4n) is 3.78. The second-order valence-electron chi connectivity index (χ2n) is 9.70. The van der Waals surface area contributed by atoms with Gasteiger partial charge in [0.15, 0.2) is 5.76 Å². The molecule has 2 unspecified atom stereocenters. The van der Waals surface area contributed by atoms with Gasteiger partial charge in [0.2, 0.25) is 5.91 Å². The lowest BCUT2D eigenvalue weighted by atomic mass is 9.57. The van der Waals surface area contributed by atoms with E-state index in [2.05, 4.69) is 45.1 Å². The smallest absolute Gasteiger partial charge is 0.220 e. The SMILES string of the molecule is CC(C)(C)CC(=O)NC1CC(Cc2cc(COc3ccccc3)on2)C1(C)C. The molecule has 0 aliphatic heterocycles. The van der Waals surface area contributed by atoms with Crippen LogP contribution in [0.2, 0.25) is 0 Å². The monoisotopic (exact) mass is 384 g/mol. The minimum atomic E-state index is 0.0102. The summed E-state index contributed by atoms with van der Waals surface area (Å²) in [5.41, 5.74) is 1.01. The van der Waals surface area contributed by atoms with Gasteiger partial charge >= 0.3 is 0 Å². The molecule has 3 rings (SSSR count). The second-order valence-corrected chi connectivity index (χ2v) is 9.70. The standard InChI is InChI=1S/C23H32N2O3/c1-22(2,3)14-21(26)24-20-12-16(23(20,4)5)11-17-13-19(28-25-17)15-27-18-9-7-6-8-10-18/h6-10,13,16,20H,11-12,14-15H2,1-5H3,(H,24,26). The minimum absolute atomic E-state index is 0.0102. The number of hydrogen-bond acceptors (Lipinski definition) is 4. The van der Waals surface area contributed by atoms with E-state index in [0.717, 1.165) is 30.0 Å². The second kappa shape index (κ2) is 7.98. The highest BCUT2D eigenvalue weighted by Gasteiger charge is 2.48. The molecule has 1 N–H and O–H groups in total. The first-order valence-corrected chi connectivity index (χ1v) is 10.1. The van der Waals surface area contributed by atoms with Gasteiger partial charge in [0.1, 0.15) is 12.4 Å². The Balaban J connectivity index is 1.48. The fourth-order valence-corrected chi connectivity index (χ4v) is 3.78. The van der Waals surface area contributed by atoms with Crippen LogP contribution in [0.15, 0.2) is 40.9 Å². The summed E-state index contributed by atoms with van der Waals surface area (Å²) in [6.07, 6.45) is 2.39. The van der Waals surface area contributed by atoms with E-state index in [1.165, 1.54) is 0 Å². The molecule has 1 saturated carbocycles. The van der Waals surface area contributed by atoms with Crippen LogP contribution in [-0.4, -0.2) is 17.1 Å². The maximum absolute atomic E-state index is 12.3. The molecule has 0 bridgehead atoms. The lowest BCUT2D eigenvalue weighted by Gasteiger charge is -2.52. The van der Waals surface area contributed by atoms with Crippen LogP contribution in [0.5, 0.6) is 5.75 Å². The zero-order chi connectivity index (χ0) is 20.4. The summed E-state index contributed by atoms with van der Waals surface area (Å²) in [5, 5.41) is 7.43. The van der Waals surface area contributed by atoms with E-state index in [1.807, 2.05) is 36.4 Å². The average molecular weight is 385 g/mol. The summed E-state index contributed by atoms with van der Waals surface area (Å²) in [5.74, 6) is 2.16. The topological polar surface area (TPSA) is 64.4 Å². The number of ether oxygens (including phenoxy) is 1. The van der Waals surface area contributed by atoms with Crippen molar-refractivity contribution in [3.63, 3.8) is 0 Å². The normalized spacial score (nSPS) is 21.0. The minimum Gasteiger partial charge on any atom is -0.486 e. The quantitative estimate of drug-likeness (QED) is 0.747. The van der Waals surface area contributed by atoms with Crippen LogP contribution in [-0.2, 0) is 17.8 Å². The van der Waals surface area contributed by atoms with E-state index in [4.69, 9.17) is 9.26 Å². The number of carbonyl (C=O) groups excluding carboxylic acids is 1. The Hall–Kier alpha value is -2.30. The Morgan fingerprint density at radius 2 is 2.00 bits per heavy atom. The van der Waals surface area contributed by atoms with Gasteiger partial charge in [-0.25, -0.2) is 0 Å². The highest BCUT2D eigenvalue weighted by Crippen LogP contribution is 2.47. The predicted octanol–water partition coefficient (Wildman–Crippen LogP) is 4.76. The van der Waals surface area contributed by atoms with Crippen molar-refractivity contribution in [2.75, 3.05) is 0 Å². The van der Waals surface area contributed by atoms with E-state index in [-0.39, 0.29) is 22.8 Å². The van der Waals surface area contributed by atoms with Crippen molar-refractivity contribution >= 4 is 5.91 Å². The molecular weight excluding hydrogens is 352 g/mol. The lowest BCUT2D eigenvalue weighted by Crippen LogP contribution is -2.59. The van der Waals surface area contributed by atoms with Crippen molar-refractivity contribution in [1.29, 1.82) is 0 Å². The summed E-state index contributed by atoms with van der Waals surface area (Å²) in [6.45, 7) is 11.1. The third-order valence-corrected chi connectivity index (χ3v) is 5.68. The van der Waals surface area contributed by atoms with Crippen LogP contribution < -0.4 is 10.1 Å². The largest absolute Gasteiger partial charge is 0.486 e. The molecular formula is C23H32N2O3. The third-order valence-electron chi connectivity index (χ3n) is 5.68. The van der Waals surface area contributed by atoms with Crippen LogP contribution >= 0.6 is 0 Å². The molecule has 1 amide bonds. The predicted molar refractivity (Wildman–Crippen MR) is 109 cm³/mol. The molecule has 0 saturated heterocycles. The summed E-state index contributed by atoms with van der Waals surface area (Å²) in [7, 11) is 0. The summed E-state index contributed by atoms with van der Waals surface area (Å²) in [6, 6.07) is 11.9. The highest BCUT2D eigenvalue weighted by atomic mass is 16.5. The van der Waals surface area contributed by atoms with Gasteiger partial charge in [-0.05, 0) is 41.7 Å². The van der Waals surface area contributed by atoms with Gasteiger partial charge in [-0.2, -0.15) is 0 Å². The lowest BCUT2D eigenvalue weighted by molar-refractivity contribution is -0.127. The summed E-state index contributed by atoms with van der Waals surface area (Å²) >= 11 is 0. The molecule has 0 radical (unpaired) electrons. The zero-order valence-corrected chi connectivity index (χ0v) is 17.6. The Bertz CT molecular complexity index is 790. The van der Waals surface area contributed by atoms with E-state index in [1.54, 1.807) is 0 Å². The molecule has 1 aromatic carbocycles. The van der Waals surface area contributed by atoms with Crippen molar-refractivity contribution in [3.8, 4) is 5.75 Å². The number of para-hydroxylation sites is 1. The first-order valence-electron chi connectivity index (χ1n) is 10.1. The number of nitrogens with one attached hydrogen (secondary N) is 1. The van der Waals surface area contributed by atoms with Gasteiger partial charge < -0.3 is 14.6 Å². The molecule has 1 aliphatic carbocycles. The molecule has 1 heterocycles. The zero-order valence-electron chi connectivity index (χ0n) is 17.6. The van der Waals surface area contributed by atoms with Crippen molar-refractivity contribution in [1.82, 2.24) is 10.5 Å². The third kappa shape index (κ3) is 5.15. The van der Waals surface area contributed by atoms with Crippen molar-refractivity contribution < 1.29 is 14.1 Å². The fraction of sp³-hybridized carbons (Fsp3) is 0.565. The van der Waals surface area contributed by atoms with Gasteiger partial charge in [0.05, 0.1) is 5.69 Å². The maximum Gasteiger partial charge on any atom is 0.220 e. The van der Waals surface area contributed by atoms with Crippen LogP contribution in [0.25, 0.3) is 0 Å². The van der Waals surface area contributed by atoms with Crippen LogP contribution in [0.3, 0.4) is 0 Å². The number of hydrogen-bond donors (Lipinski definition) is 1.